The van der Waals surface area contributed by atoms with Crippen LogP contribution in [0.3, 0.4) is 0 Å². The minimum absolute atomic E-state index is 0.0840. The van der Waals surface area contributed by atoms with Gasteiger partial charge in [-0.1, -0.05) is 23.2 Å². The van der Waals surface area contributed by atoms with Gasteiger partial charge in [0.2, 0.25) is 0 Å². The van der Waals surface area contributed by atoms with E-state index in [9.17, 15) is 4.79 Å². The van der Waals surface area contributed by atoms with Gasteiger partial charge in [-0.05, 0) is 42.5 Å². The van der Waals surface area contributed by atoms with Gasteiger partial charge in [0.05, 0.1) is 16.3 Å². The van der Waals surface area contributed by atoms with Gasteiger partial charge in [0.1, 0.15) is 0 Å². The minimum Gasteiger partial charge on any atom is -0.352 e. The number of hydrogen-bond donors (Lipinski definition) is 0. The fraction of sp³-hybridized carbons (Fsp3) is 0.200. The maximum absolute atomic E-state index is 12.7. The highest BCUT2D eigenvalue weighted by Gasteiger charge is 2.24. The van der Waals surface area contributed by atoms with Crippen LogP contribution in [0.25, 0.3) is 11.3 Å². The molecule has 0 aliphatic carbocycles. The molecule has 1 aliphatic rings. The van der Waals surface area contributed by atoms with E-state index in [-0.39, 0.29) is 5.91 Å². The Morgan fingerprint density at radius 2 is 1.79 bits per heavy atom. The van der Waals surface area contributed by atoms with Crippen LogP contribution in [0.2, 0.25) is 10.0 Å². The molecule has 8 heteroatoms. The Bertz CT molecular complexity index is 974. The topological polar surface area (TPSA) is 62.2 Å². The third kappa shape index (κ3) is 3.93. The van der Waals surface area contributed by atoms with Gasteiger partial charge in [-0.3, -0.25) is 9.78 Å². The summed E-state index contributed by atoms with van der Waals surface area (Å²) in [6.45, 7) is 2.53. The molecule has 3 heterocycles. The summed E-state index contributed by atoms with van der Waals surface area (Å²) in [6.07, 6.45) is 3.49. The molecule has 0 saturated carbocycles. The molecule has 0 radical (unpaired) electrons. The number of benzene rings is 1. The monoisotopic (exact) mass is 413 g/mol. The lowest BCUT2D eigenvalue weighted by molar-refractivity contribution is 0.0746. The van der Waals surface area contributed by atoms with Crippen molar-refractivity contribution in [3.8, 4) is 11.3 Å². The van der Waals surface area contributed by atoms with Crippen molar-refractivity contribution in [1.82, 2.24) is 20.1 Å². The molecule has 4 rings (SSSR count). The van der Waals surface area contributed by atoms with E-state index in [0.717, 1.165) is 17.1 Å². The molecule has 142 valence electrons. The van der Waals surface area contributed by atoms with Crippen molar-refractivity contribution >= 4 is 34.9 Å². The van der Waals surface area contributed by atoms with Gasteiger partial charge < -0.3 is 9.80 Å². The molecule has 0 spiro atoms. The second-order valence-electron chi connectivity index (χ2n) is 6.42. The lowest BCUT2D eigenvalue weighted by Crippen LogP contribution is -2.49. The van der Waals surface area contributed by atoms with E-state index in [1.807, 2.05) is 24.3 Å². The normalized spacial score (nSPS) is 14.2. The summed E-state index contributed by atoms with van der Waals surface area (Å²) in [4.78, 5) is 20.7. The van der Waals surface area contributed by atoms with Crippen LogP contribution in [-0.2, 0) is 0 Å². The molecule has 6 nitrogen and oxygen atoms in total. The standard InChI is InChI=1S/C20H17Cl2N5O/c21-15-3-4-16(17(22)12-15)20(28)27-10-8-26(9-11-27)19-6-5-18(24-25-19)14-2-1-7-23-13-14/h1-7,12-13H,8-11H2. The highest BCUT2D eigenvalue weighted by molar-refractivity contribution is 6.36. The largest absolute Gasteiger partial charge is 0.352 e. The van der Waals surface area contributed by atoms with Crippen LogP contribution >= 0.6 is 23.2 Å². The number of carbonyl (C=O) groups excluding carboxylic acids is 1. The second kappa shape index (κ2) is 8.12. The number of aromatic nitrogens is 3. The number of hydrogen-bond acceptors (Lipinski definition) is 5. The van der Waals surface area contributed by atoms with Crippen LogP contribution in [0, 0.1) is 0 Å². The molecule has 0 N–H and O–H groups in total. The maximum atomic E-state index is 12.7. The number of nitrogens with zero attached hydrogens (tertiary/aromatic N) is 5. The zero-order valence-corrected chi connectivity index (χ0v) is 16.4. The Labute approximate surface area is 172 Å². The number of halogens is 2. The number of carbonyl (C=O) groups is 1. The average molecular weight is 414 g/mol. The van der Waals surface area contributed by atoms with E-state index >= 15 is 0 Å². The summed E-state index contributed by atoms with van der Waals surface area (Å²) in [7, 11) is 0. The van der Waals surface area contributed by atoms with Crippen LogP contribution < -0.4 is 4.90 Å². The van der Waals surface area contributed by atoms with Crippen molar-refractivity contribution < 1.29 is 4.79 Å². The van der Waals surface area contributed by atoms with Crippen LogP contribution in [0.5, 0.6) is 0 Å². The highest BCUT2D eigenvalue weighted by atomic mass is 35.5. The molecule has 0 unspecified atom stereocenters. The van der Waals surface area contributed by atoms with Gasteiger partial charge in [0.25, 0.3) is 5.91 Å². The predicted octanol–water partition coefficient (Wildman–Crippen LogP) is 3.81. The number of piperazine rings is 1. The number of rotatable bonds is 3. The van der Waals surface area contributed by atoms with Crippen LogP contribution in [-0.4, -0.2) is 52.2 Å². The van der Waals surface area contributed by atoms with E-state index in [4.69, 9.17) is 23.2 Å². The maximum Gasteiger partial charge on any atom is 0.255 e. The van der Waals surface area contributed by atoms with Crippen molar-refractivity contribution in [2.24, 2.45) is 0 Å². The smallest absolute Gasteiger partial charge is 0.255 e. The average Bonchev–Trinajstić information content (AvgIpc) is 2.74. The summed E-state index contributed by atoms with van der Waals surface area (Å²) >= 11 is 12.1. The molecular formula is C20H17Cl2N5O. The molecule has 1 aliphatic heterocycles. The quantitative estimate of drug-likeness (QED) is 0.653. The third-order valence-electron chi connectivity index (χ3n) is 4.66. The van der Waals surface area contributed by atoms with E-state index in [2.05, 4.69) is 20.1 Å². The third-order valence-corrected chi connectivity index (χ3v) is 5.21. The molecular weight excluding hydrogens is 397 g/mol. The first-order valence-corrected chi connectivity index (χ1v) is 9.61. The van der Waals surface area contributed by atoms with Gasteiger partial charge in [0.15, 0.2) is 5.82 Å². The summed E-state index contributed by atoms with van der Waals surface area (Å²) in [5.74, 6) is 0.712. The molecule has 1 saturated heterocycles. The Morgan fingerprint density at radius 1 is 0.964 bits per heavy atom. The lowest BCUT2D eigenvalue weighted by Gasteiger charge is -2.35. The molecule has 28 heavy (non-hydrogen) atoms. The zero-order chi connectivity index (χ0) is 19.5. The fourth-order valence-corrected chi connectivity index (χ4v) is 3.62. The number of pyridine rings is 1. The first kappa shape index (κ1) is 18.7. The van der Waals surface area contributed by atoms with Crippen molar-refractivity contribution in [1.29, 1.82) is 0 Å². The number of amides is 1. The molecule has 2 aromatic heterocycles. The Morgan fingerprint density at radius 3 is 2.43 bits per heavy atom. The van der Waals surface area contributed by atoms with E-state index in [1.54, 1.807) is 35.5 Å². The van der Waals surface area contributed by atoms with Gasteiger partial charge in [-0.15, -0.1) is 10.2 Å². The lowest BCUT2D eigenvalue weighted by atomic mass is 10.1. The molecule has 3 aromatic rings. The summed E-state index contributed by atoms with van der Waals surface area (Å²) in [5, 5.41) is 9.53. The van der Waals surface area contributed by atoms with Crippen LogP contribution in [0.1, 0.15) is 10.4 Å². The zero-order valence-electron chi connectivity index (χ0n) is 14.9. The van der Waals surface area contributed by atoms with Crippen LogP contribution in [0.4, 0.5) is 5.82 Å². The second-order valence-corrected chi connectivity index (χ2v) is 7.27. The molecule has 0 atom stereocenters. The first-order chi connectivity index (χ1) is 13.6. The highest BCUT2D eigenvalue weighted by Crippen LogP contribution is 2.24. The molecule has 1 amide bonds. The molecule has 1 fully saturated rings. The van der Waals surface area contributed by atoms with Crippen molar-refractivity contribution in [3.63, 3.8) is 0 Å². The summed E-state index contributed by atoms with van der Waals surface area (Å²) < 4.78 is 0. The summed E-state index contributed by atoms with van der Waals surface area (Å²) in [6, 6.07) is 12.6. The van der Waals surface area contributed by atoms with Crippen LogP contribution in [0.15, 0.2) is 54.9 Å². The van der Waals surface area contributed by atoms with Gasteiger partial charge in [-0.25, -0.2) is 0 Å². The Balaban J connectivity index is 1.40. The SMILES string of the molecule is O=C(c1ccc(Cl)cc1Cl)N1CCN(c2ccc(-c3cccnc3)nn2)CC1. The van der Waals surface area contributed by atoms with Crippen molar-refractivity contribution in [3.05, 3.63) is 70.5 Å². The summed E-state index contributed by atoms with van der Waals surface area (Å²) in [5.41, 5.74) is 2.18. The molecule has 1 aromatic carbocycles. The van der Waals surface area contributed by atoms with Crippen molar-refractivity contribution in [2.45, 2.75) is 0 Å². The van der Waals surface area contributed by atoms with E-state index in [0.29, 0.717) is 41.8 Å². The van der Waals surface area contributed by atoms with E-state index in [1.165, 1.54) is 0 Å². The molecule has 0 bridgehead atoms. The first-order valence-electron chi connectivity index (χ1n) is 8.85. The van der Waals surface area contributed by atoms with Gasteiger partial charge in [-0.2, -0.15) is 0 Å². The number of anilines is 1. The van der Waals surface area contributed by atoms with E-state index < -0.39 is 0 Å². The Kier molecular flexibility index (Phi) is 5.41. The predicted molar refractivity (Wildman–Crippen MR) is 110 cm³/mol. The minimum atomic E-state index is -0.0840. The fourth-order valence-electron chi connectivity index (χ4n) is 3.13. The van der Waals surface area contributed by atoms with Crippen molar-refractivity contribution in [2.75, 3.05) is 31.1 Å². The Hall–Kier alpha value is -2.70. The van der Waals surface area contributed by atoms with Gasteiger partial charge in [0, 0.05) is 49.2 Å². The van der Waals surface area contributed by atoms with Gasteiger partial charge >= 0.3 is 0 Å².